The van der Waals surface area contributed by atoms with E-state index in [4.69, 9.17) is 0 Å². The quantitative estimate of drug-likeness (QED) is 0.399. The highest BCUT2D eigenvalue weighted by Crippen LogP contribution is 2.34. The number of alkyl halides is 3. The summed E-state index contributed by atoms with van der Waals surface area (Å²) in [6.45, 7) is 0.731. The van der Waals surface area contributed by atoms with Crippen molar-refractivity contribution in [1.29, 1.82) is 0 Å². The van der Waals surface area contributed by atoms with Gasteiger partial charge in [-0.25, -0.2) is 4.98 Å². The molecule has 0 aliphatic carbocycles. The SMILES string of the molecule is FC(F)(F)c1[nH]nnc1-c1ccnc(-c2cn(CCc3ccc(I)cc3)cn2)c1. The molecular formula is C19H14F3IN6. The number of imidazole rings is 1. The molecule has 0 atom stereocenters. The molecule has 0 radical (unpaired) electrons. The molecule has 10 heteroatoms. The average molecular weight is 510 g/mol. The number of nitrogens with zero attached hydrogens (tertiary/aromatic N) is 5. The molecule has 0 aliphatic heterocycles. The van der Waals surface area contributed by atoms with Crippen molar-refractivity contribution in [2.75, 3.05) is 0 Å². The van der Waals surface area contributed by atoms with Crippen molar-refractivity contribution in [2.45, 2.75) is 19.1 Å². The van der Waals surface area contributed by atoms with Gasteiger partial charge in [0.15, 0.2) is 5.69 Å². The Morgan fingerprint density at radius 2 is 1.83 bits per heavy atom. The summed E-state index contributed by atoms with van der Waals surface area (Å²) in [5.74, 6) is 0. The summed E-state index contributed by atoms with van der Waals surface area (Å²) in [6, 6.07) is 11.3. The van der Waals surface area contributed by atoms with E-state index in [2.05, 4.69) is 67.1 Å². The summed E-state index contributed by atoms with van der Waals surface area (Å²) >= 11 is 2.26. The standard InChI is InChI=1S/C19H14F3IN6/c20-19(21,22)18-17(26-28-27-18)13-5-7-24-15(9-13)16-10-29(11-25-16)8-6-12-1-3-14(23)4-2-12/h1-5,7,9-11H,6,8H2,(H,26,27,28). The predicted molar refractivity (Wildman–Crippen MR) is 109 cm³/mol. The molecular weight excluding hydrogens is 496 g/mol. The lowest BCUT2D eigenvalue weighted by Gasteiger charge is -2.06. The second-order valence-electron chi connectivity index (χ2n) is 6.34. The summed E-state index contributed by atoms with van der Waals surface area (Å²) in [4.78, 5) is 8.58. The minimum atomic E-state index is -4.57. The summed E-state index contributed by atoms with van der Waals surface area (Å²) in [5, 5.41) is 8.79. The van der Waals surface area contributed by atoms with Gasteiger partial charge in [0.2, 0.25) is 0 Å². The van der Waals surface area contributed by atoms with Gasteiger partial charge in [0.1, 0.15) is 11.4 Å². The van der Waals surface area contributed by atoms with E-state index in [0.717, 1.165) is 13.0 Å². The lowest BCUT2D eigenvalue weighted by molar-refractivity contribution is -0.140. The van der Waals surface area contributed by atoms with Gasteiger partial charge in [-0.3, -0.25) is 10.1 Å². The first kappa shape index (κ1) is 19.6. The highest BCUT2D eigenvalue weighted by atomic mass is 127. The second-order valence-corrected chi connectivity index (χ2v) is 7.58. The molecule has 148 valence electrons. The third-order valence-corrected chi connectivity index (χ3v) is 5.05. The van der Waals surface area contributed by atoms with Gasteiger partial charge in [-0.1, -0.05) is 17.3 Å². The van der Waals surface area contributed by atoms with Gasteiger partial charge in [0.05, 0.1) is 12.0 Å². The van der Waals surface area contributed by atoms with Gasteiger partial charge >= 0.3 is 6.18 Å². The molecule has 0 saturated carbocycles. The van der Waals surface area contributed by atoms with Crippen LogP contribution in [0.2, 0.25) is 0 Å². The van der Waals surface area contributed by atoms with Crippen molar-refractivity contribution < 1.29 is 13.2 Å². The maximum absolute atomic E-state index is 13.1. The van der Waals surface area contributed by atoms with Crippen molar-refractivity contribution in [3.8, 4) is 22.6 Å². The lowest BCUT2D eigenvalue weighted by Crippen LogP contribution is -2.07. The number of nitrogens with one attached hydrogen (secondary N) is 1. The smallest absolute Gasteiger partial charge is 0.336 e. The fourth-order valence-corrected chi connectivity index (χ4v) is 3.23. The maximum atomic E-state index is 13.1. The molecule has 4 aromatic rings. The number of hydrogen-bond donors (Lipinski definition) is 1. The number of hydrogen-bond acceptors (Lipinski definition) is 4. The first-order valence-electron chi connectivity index (χ1n) is 8.61. The predicted octanol–water partition coefficient (Wildman–Crippen LogP) is 4.60. The second kappa shape index (κ2) is 7.93. The van der Waals surface area contributed by atoms with Crippen LogP contribution in [0, 0.1) is 3.57 Å². The third kappa shape index (κ3) is 4.47. The van der Waals surface area contributed by atoms with Crippen LogP contribution in [0.1, 0.15) is 11.3 Å². The molecule has 6 nitrogen and oxygen atoms in total. The Bertz CT molecular complexity index is 1120. The summed E-state index contributed by atoms with van der Waals surface area (Å²) in [5.41, 5.74) is 1.27. The van der Waals surface area contributed by atoms with Crippen LogP contribution in [0.25, 0.3) is 22.6 Å². The van der Waals surface area contributed by atoms with E-state index in [1.165, 1.54) is 27.5 Å². The molecule has 0 fully saturated rings. The molecule has 3 aromatic heterocycles. The average Bonchev–Trinajstić information content (AvgIpc) is 3.37. The summed E-state index contributed by atoms with van der Waals surface area (Å²) < 4.78 is 42.4. The molecule has 1 aromatic carbocycles. The molecule has 0 saturated heterocycles. The van der Waals surface area contributed by atoms with E-state index in [-0.39, 0.29) is 11.3 Å². The number of halogens is 4. The fourth-order valence-electron chi connectivity index (χ4n) is 2.87. The van der Waals surface area contributed by atoms with E-state index in [1.807, 2.05) is 15.9 Å². The molecule has 0 aliphatic rings. The van der Waals surface area contributed by atoms with Crippen LogP contribution in [0.5, 0.6) is 0 Å². The summed E-state index contributed by atoms with van der Waals surface area (Å²) in [7, 11) is 0. The molecule has 29 heavy (non-hydrogen) atoms. The van der Waals surface area contributed by atoms with Gasteiger partial charge in [-0.05, 0) is 58.8 Å². The molecule has 4 rings (SSSR count). The van der Waals surface area contributed by atoms with E-state index in [1.54, 1.807) is 6.33 Å². The van der Waals surface area contributed by atoms with E-state index in [0.29, 0.717) is 11.4 Å². The largest absolute Gasteiger partial charge is 0.435 e. The zero-order valence-electron chi connectivity index (χ0n) is 14.9. The molecule has 0 amide bonds. The Morgan fingerprint density at radius 3 is 2.59 bits per heavy atom. The van der Waals surface area contributed by atoms with Crippen molar-refractivity contribution >= 4 is 22.6 Å². The molecule has 0 bridgehead atoms. The molecule has 0 unspecified atom stereocenters. The van der Waals surface area contributed by atoms with Crippen molar-refractivity contribution in [1.82, 2.24) is 29.9 Å². The summed E-state index contributed by atoms with van der Waals surface area (Å²) in [6.07, 6.45) is 1.22. The van der Waals surface area contributed by atoms with Gasteiger partial charge in [-0.2, -0.15) is 13.2 Å². The number of pyridine rings is 1. The van der Waals surface area contributed by atoms with Crippen LogP contribution in [-0.4, -0.2) is 29.9 Å². The Morgan fingerprint density at radius 1 is 1.03 bits per heavy atom. The van der Waals surface area contributed by atoms with Crippen LogP contribution in [0.15, 0.2) is 55.1 Å². The number of H-pyrrole nitrogens is 1. The Hall–Kier alpha value is -2.76. The van der Waals surface area contributed by atoms with Crippen LogP contribution in [0.3, 0.4) is 0 Å². The topological polar surface area (TPSA) is 72.3 Å². The van der Waals surface area contributed by atoms with Crippen molar-refractivity contribution in [2.24, 2.45) is 0 Å². The zero-order valence-corrected chi connectivity index (χ0v) is 17.0. The van der Waals surface area contributed by atoms with E-state index < -0.39 is 11.9 Å². The van der Waals surface area contributed by atoms with Gasteiger partial charge in [-0.15, -0.1) is 5.10 Å². The fraction of sp³-hybridized carbons (Fsp3) is 0.158. The van der Waals surface area contributed by atoms with Gasteiger partial charge in [0.25, 0.3) is 0 Å². The number of aromatic amines is 1. The number of rotatable bonds is 5. The number of aromatic nitrogens is 6. The number of benzene rings is 1. The molecule has 1 N–H and O–H groups in total. The highest BCUT2D eigenvalue weighted by molar-refractivity contribution is 14.1. The molecule has 3 heterocycles. The van der Waals surface area contributed by atoms with Crippen LogP contribution < -0.4 is 0 Å². The minimum absolute atomic E-state index is 0.265. The van der Waals surface area contributed by atoms with Crippen LogP contribution >= 0.6 is 22.6 Å². The van der Waals surface area contributed by atoms with E-state index in [9.17, 15) is 13.2 Å². The lowest BCUT2D eigenvalue weighted by atomic mass is 10.1. The normalized spacial score (nSPS) is 11.7. The van der Waals surface area contributed by atoms with E-state index >= 15 is 0 Å². The number of aryl methyl sites for hydroxylation is 2. The molecule has 0 spiro atoms. The zero-order chi connectivity index (χ0) is 20.4. The van der Waals surface area contributed by atoms with Crippen molar-refractivity contribution in [3.05, 3.63) is 69.9 Å². The first-order chi connectivity index (χ1) is 13.9. The Balaban J connectivity index is 1.54. The maximum Gasteiger partial charge on any atom is 0.435 e. The minimum Gasteiger partial charge on any atom is -0.336 e. The highest BCUT2D eigenvalue weighted by Gasteiger charge is 2.37. The van der Waals surface area contributed by atoms with Crippen LogP contribution in [0.4, 0.5) is 13.2 Å². The van der Waals surface area contributed by atoms with Gasteiger partial charge in [0, 0.05) is 28.1 Å². The Labute approximate surface area is 177 Å². The van der Waals surface area contributed by atoms with Crippen molar-refractivity contribution in [3.63, 3.8) is 0 Å². The first-order valence-corrected chi connectivity index (χ1v) is 9.69. The Kier molecular flexibility index (Phi) is 5.35. The van der Waals surface area contributed by atoms with Gasteiger partial charge < -0.3 is 4.57 Å². The van der Waals surface area contributed by atoms with Crippen LogP contribution in [-0.2, 0) is 19.1 Å². The monoisotopic (exact) mass is 510 g/mol. The third-order valence-electron chi connectivity index (χ3n) is 4.33.